The monoisotopic (exact) mass is 339 g/mol. The Morgan fingerprint density at radius 2 is 2.12 bits per heavy atom. The van der Waals surface area contributed by atoms with Crippen molar-refractivity contribution in [1.82, 2.24) is 14.5 Å². The summed E-state index contributed by atoms with van der Waals surface area (Å²) in [6.07, 6.45) is 2.80. The Morgan fingerprint density at radius 1 is 1.28 bits per heavy atom. The minimum atomic E-state index is -0.449. The van der Waals surface area contributed by atoms with Crippen molar-refractivity contribution in [2.24, 2.45) is 0 Å². The van der Waals surface area contributed by atoms with E-state index in [1.165, 1.54) is 18.2 Å². The number of H-pyrrole nitrogens is 1. The standard InChI is InChI=1S/C19H18FN3O2/c1-2-16-17-4-3-7-22(17)8-9-23(16)19(25)14-11-18(24)21-15-10-12(20)5-6-13(14)15/h3-7,10-11,16H,2,8-9H2,1H3,(H,21,24)/t16-/m1/s1. The molecule has 1 N–H and O–H groups in total. The van der Waals surface area contributed by atoms with Gasteiger partial charge in [-0.2, -0.15) is 0 Å². The number of rotatable bonds is 2. The quantitative estimate of drug-likeness (QED) is 0.780. The minimum absolute atomic E-state index is 0.0361. The molecule has 5 nitrogen and oxygen atoms in total. The summed E-state index contributed by atoms with van der Waals surface area (Å²) < 4.78 is 15.6. The molecule has 0 saturated heterocycles. The lowest BCUT2D eigenvalue weighted by Crippen LogP contribution is -2.42. The van der Waals surface area contributed by atoms with Crippen LogP contribution in [0.4, 0.5) is 4.39 Å². The number of benzene rings is 1. The summed E-state index contributed by atoms with van der Waals surface area (Å²) in [6.45, 7) is 3.34. The van der Waals surface area contributed by atoms with E-state index in [-0.39, 0.29) is 11.9 Å². The van der Waals surface area contributed by atoms with Crippen LogP contribution in [0.15, 0.2) is 47.4 Å². The van der Waals surface area contributed by atoms with Gasteiger partial charge in [0, 0.05) is 36.4 Å². The zero-order valence-electron chi connectivity index (χ0n) is 13.8. The van der Waals surface area contributed by atoms with Crippen LogP contribution in [0.25, 0.3) is 10.9 Å². The molecule has 0 unspecified atom stereocenters. The lowest BCUT2D eigenvalue weighted by atomic mass is 10.0. The van der Waals surface area contributed by atoms with Crippen molar-refractivity contribution in [3.05, 3.63) is 70.0 Å². The maximum absolute atomic E-state index is 13.5. The highest BCUT2D eigenvalue weighted by molar-refractivity contribution is 6.06. The predicted molar refractivity (Wildman–Crippen MR) is 93.0 cm³/mol. The van der Waals surface area contributed by atoms with Gasteiger partial charge in [0.25, 0.3) is 5.91 Å². The predicted octanol–water partition coefficient (Wildman–Crippen LogP) is 3.08. The molecular weight excluding hydrogens is 321 g/mol. The van der Waals surface area contributed by atoms with Gasteiger partial charge in [-0.1, -0.05) is 6.92 Å². The van der Waals surface area contributed by atoms with Crippen molar-refractivity contribution in [3.63, 3.8) is 0 Å². The smallest absolute Gasteiger partial charge is 0.255 e. The highest BCUT2D eigenvalue weighted by Gasteiger charge is 2.31. The first-order chi connectivity index (χ1) is 12.1. The van der Waals surface area contributed by atoms with E-state index in [0.29, 0.717) is 23.0 Å². The van der Waals surface area contributed by atoms with Gasteiger partial charge in [0.1, 0.15) is 5.82 Å². The van der Waals surface area contributed by atoms with Crippen LogP contribution in [0, 0.1) is 5.82 Å². The van der Waals surface area contributed by atoms with E-state index >= 15 is 0 Å². The summed E-state index contributed by atoms with van der Waals surface area (Å²) in [4.78, 5) is 29.6. The SMILES string of the molecule is CC[C@@H]1c2cccn2CCN1C(=O)c1cc(=O)[nH]c2cc(F)ccc12. The van der Waals surface area contributed by atoms with E-state index in [1.807, 2.05) is 30.2 Å². The number of carbonyl (C=O) groups is 1. The molecule has 25 heavy (non-hydrogen) atoms. The highest BCUT2D eigenvalue weighted by atomic mass is 19.1. The zero-order valence-corrected chi connectivity index (χ0v) is 13.8. The first-order valence-corrected chi connectivity index (χ1v) is 8.37. The number of aromatic amines is 1. The molecule has 3 aromatic rings. The van der Waals surface area contributed by atoms with Crippen LogP contribution in [-0.4, -0.2) is 26.9 Å². The van der Waals surface area contributed by atoms with Crippen LogP contribution in [0.2, 0.25) is 0 Å². The van der Waals surface area contributed by atoms with E-state index in [0.717, 1.165) is 18.7 Å². The van der Waals surface area contributed by atoms with Crippen molar-refractivity contribution in [2.45, 2.75) is 25.9 Å². The number of aromatic nitrogens is 2. The number of nitrogens with one attached hydrogen (secondary N) is 1. The van der Waals surface area contributed by atoms with E-state index in [9.17, 15) is 14.0 Å². The van der Waals surface area contributed by atoms with Crippen molar-refractivity contribution in [3.8, 4) is 0 Å². The lowest BCUT2D eigenvalue weighted by molar-refractivity contribution is 0.0619. The average molecular weight is 339 g/mol. The van der Waals surface area contributed by atoms with Gasteiger partial charge in [0.05, 0.1) is 17.1 Å². The van der Waals surface area contributed by atoms with Crippen LogP contribution in [-0.2, 0) is 6.54 Å². The van der Waals surface area contributed by atoms with Gasteiger partial charge in [0.2, 0.25) is 5.56 Å². The summed E-state index contributed by atoms with van der Waals surface area (Å²) >= 11 is 0. The molecule has 1 amide bonds. The molecule has 0 radical (unpaired) electrons. The van der Waals surface area contributed by atoms with Gasteiger partial charge >= 0.3 is 0 Å². The topological polar surface area (TPSA) is 58.1 Å². The Balaban J connectivity index is 1.81. The van der Waals surface area contributed by atoms with E-state index in [2.05, 4.69) is 9.55 Å². The third-order valence-electron chi connectivity index (χ3n) is 4.85. The molecule has 0 bridgehead atoms. The number of carbonyl (C=O) groups excluding carboxylic acids is 1. The first-order valence-electron chi connectivity index (χ1n) is 8.37. The molecular formula is C19H18FN3O2. The number of pyridine rings is 1. The molecule has 0 saturated carbocycles. The molecule has 6 heteroatoms. The summed E-state index contributed by atoms with van der Waals surface area (Å²) in [6, 6.07) is 9.37. The fourth-order valence-electron chi connectivity index (χ4n) is 3.70. The fourth-order valence-corrected chi connectivity index (χ4v) is 3.70. The lowest BCUT2D eigenvalue weighted by Gasteiger charge is -2.36. The molecule has 3 heterocycles. The summed E-state index contributed by atoms with van der Waals surface area (Å²) in [5.41, 5.74) is 1.35. The van der Waals surface area contributed by atoms with Crippen molar-refractivity contribution >= 4 is 16.8 Å². The summed E-state index contributed by atoms with van der Waals surface area (Å²) in [5, 5.41) is 0.557. The minimum Gasteiger partial charge on any atom is -0.348 e. The second kappa shape index (κ2) is 5.88. The Bertz CT molecular complexity index is 1020. The second-order valence-electron chi connectivity index (χ2n) is 6.29. The molecule has 1 atom stereocenters. The molecule has 0 fully saturated rings. The normalized spacial score (nSPS) is 16.9. The highest BCUT2D eigenvalue weighted by Crippen LogP contribution is 2.31. The number of fused-ring (bicyclic) bond motifs is 2. The van der Waals surface area contributed by atoms with Crippen LogP contribution in [0.5, 0.6) is 0 Å². The Labute approximate surface area is 143 Å². The van der Waals surface area contributed by atoms with Crippen molar-refractivity contribution in [2.75, 3.05) is 6.54 Å². The largest absolute Gasteiger partial charge is 0.348 e. The maximum Gasteiger partial charge on any atom is 0.255 e. The molecule has 128 valence electrons. The second-order valence-corrected chi connectivity index (χ2v) is 6.29. The molecule has 0 aliphatic carbocycles. The number of halogens is 1. The van der Waals surface area contributed by atoms with Crippen LogP contribution in [0.1, 0.15) is 35.4 Å². The van der Waals surface area contributed by atoms with Gasteiger partial charge in [-0.15, -0.1) is 0 Å². The van der Waals surface area contributed by atoms with Gasteiger partial charge in [-0.05, 0) is 36.8 Å². The number of hydrogen-bond donors (Lipinski definition) is 1. The molecule has 4 rings (SSSR count). The number of hydrogen-bond acceptors (Lipinski definition) is 2. The van der Waals surface area contributed by atoms with Crippen molar-refractivity contribution < 1.29 is 9.18 Å². The van der Waals surface area contributed by atoms with Gasteiger partial charge in [0.15, 0.2) is 0 Å². The Morgan fingerprint density at radius 3 is 2.92 bits per heavy atom. The molecule has 2 aromatic heterocycles. The summed E-state index contributed by atoms with van der Waals surface area (Å²) in [7, 11) is 0. The van der Waals surface area contributed by atoms with Crippen molar-refractivity contribution in [1.29, 1.82) is 0 Å². The number of nitrogens with zero attached hydrogens (tertiary/aromatic N) is 2. The Hall–Kier alpha value is -2.89. The molecule has 1 aromatic carbocycles. The summed E-state index contributed by atoms with van der Waals surface area (Å²) in [5.74, 6) is -0.642. The first kappa shape index (κ1) is 15.6. The van der Waals surface area contributed by atoms with Crippen LogP contribution < -0.4 is 5.56 Å². The van der Waals surface area contributed by atoms with Gasteiger partial charge in [-0.3, -0.25) is 9.59 Å². The van der Waals surface area contributed by atoms with Gasteiger partial charge in [-0.25, -0.2) is 4.39 Å². The number of amides is 1. The van der Waals surface area contributed by atoms with E-state index in [4.69, 9.17) is 0 Å². The molecule has 0 spiro atoms. The third kappa shape index (κ3) is 2.54. The third-order valence-corrected chi connectivity index (χ3v) is 4.85. The maximum atomic E-state index is 13.5. The average Bonchev–Trinajstić information content (AvgIpc) is 3.07. The fraction of sp³-hybridized carbons (Fsp3) is 0.263. The van der Waals surface area contributed by atoms with Crippen LogP contribution >= 0.6 is 0 Å². The molecule has 1 aliphatic rings. The Kier molecular flexibility index (Phi) is 3.67. The molecule has 1 aliphatic heterocycles. The van der Waals surface area contributed by atoms with Gasteiger partial charge < -0.3 is 14.5 Å². The zero-order chi connectivity index (χ0) is 17.6. The van der Waals surface area contributed by atoms with E-state index < -0.39 is 11.4 Å². The van der Waals surface area contributed by atoms with E-state index in [1.54, 1.807) is 6.07 Å². The van der Waals surface area contributed by atoms with Crippen LogP contribution in [0.3, 0.4) is 0 Å².